The lowest BCUT2D eigenvalue weighted by Crippen LogP contribution is -2.47. The Morgan fingerprint density at radius 3 is 2.61 bits per heavy atom. The summed E-state index contributed by atoms with van der Waals surface area (Å²) in [6, 6.07) is 4.16. The van der Waals surface area contributed by atoms with Crippen molar-refractivity contribution in [2.45, 2.75) is 37.1 Å². The fraction of sp³-hybridized carbons (Fsp3) is 0.333. The van der Waals surface area contributed by atoms with Gasteiger partial charge in [0.05, 0.1) is 5.39 Å². The molecule has 3 aromatic rings. The van der Waals surface area contributed by atoms with E-state index < -0.39 is 41.8 Å². The number of hydrogen-bond acceptors (Lipinski definition) is 7. The fourth-order valence-corrected chi connectivity index (χ4v) is 3.55. The van der Waals surface area contributed by atoms with Crippen LogP contribution in [0.25, 0.3) is 11.0 Å². The summed E-state index contributed by atoms with van der Waals surface area (Å²) in [6.45, 7) is 1.27. The number of nitrogens with two attached hydrogens (primary N) is 1. The van der Waals surface area contributed by atoms with Gasteiger partial charge in [0.1, 0.15) is 53.3 Å². The van der Waals surface area contributed by atoms with E-state index in [4.69, 9.17) is 10.5 Å². The third-order valence-electron chi connectivity index (χ3n) is 5.06. The summed E-state index contributed by atoms with van der Waals surface area (Å²) < 4.78 is 34.2. The molecule has 10 heteroatoms. The van der Waals surface area contributed by atoms with Gasteiger partial charge in [-0.25, -0.2) is 18.7 Å². The molecule has 148 valence electrons. The quantitative estimate of drug-likeness (QED) is 0.524. The summed E-state index contributed by atoms with van der Waals surface area (Å²) in [4.78, 5) is 8.00. The number of aliphatic hydroxyl groups excluding tert-OH is 2. The molecule has 1 unspecified atom stereocenters. The predicted molar refractivity (Wildman–Crippen MR) is 93.8 cm³/mol. The Morgan fingerprint density at radius 2 is 1.93 bits per heavy atom. The number of nitrogens with zero attached hydrogens (tertiary/aromatic N) is 3. The van der Waals surface area contributed by atoms with Gasteiger partial charge in [0.15, 0.2) is 6.23 Å². The predicted octanol–water partition coefficient (Wildman–Crippen LogP) is 1.03. The zero-order valence-electron chi connectivity index (χ0n) is 14.7. The summed E-state index contributed by atoms with van der Waals surface area (Å²) in [5.41, 5.74) is 4.11. The Balaban J connectivity index is 1.72. The molecule has 3 heterocycles. The van der Waals surface area contributed by atoms with Gasteiger partial charge < -0.3 is 30.4 Å². The third kappa shape index (κ3) is 2.81. The standard InChI is InChI=1S/C18H18F2N4O4/c1-18(27)13(26)17(24-3-2-11-15(21)22-7-23-16(11)24)28-14(18)12(25)8-4-9(19)6-10(20)5-8/h2-7,12-14,17,25-27H,1H3,(H2,21,22,23)/t12?,13-,14+,17+,18-/m0/s1. The maximum Gasteiger partial charge on any atom is 0.164 e. The van der Waals surface area contributed by atoms with E-state index in [9.17, 15) is 24.1 Å². The number of aliphatic hydroxyl groups is 3. The first-order chi connectivity index (χ1) is 13.2. The number of benzene rings is 1. The number of aromatic nitrogens is 3. The Hall–Kier alpha value is -2.66. The van der Waals surface area contributed by atoms with E-state index in [0.717, 1.165) is 12.1 Å². The number of ether oxygens (including phenoxy) is 1. The molecule has 0 spiro atoms. The van der Waals surface area contributed by atoms with Crippen LogP contribution in [0.3, 0.4) is 0 Å². The van der Waals surface area contributed by atoms with Crippen molar-refractivity contribution < 1.29 is 28.8 Å². The van der Waals surface area contributed by atoms with Gasteiger partial charge in [0.25, 0.3) is 0 Å². The molecule has 1 saturated heterocycles. The smallest absolute Gasteiger partial charge is 0.164 e. The highest BCUT2D eigenvalue weighted by Crippen LogP contribution is 2.43. The molecule has 1 aromatic carbocycles. The van der Waals surface area contributed by atoms with Crippen LogP contribution in [0.2, 0.25) is 0 Å². The van der Waals surface area contributed by atoms with Gasteiger partial charge in [0, 0.05) is 12.3 Å². The van der Waals surface area contributed by atoms with Crippen LogP contribution in [0.1, 0.15) is 24.8 Å². The minimum absolute atomic E-state index is 0.125. The summed E-state index contributed by atoms with van der Waals surface area (Å²) >= 11 is 0. The van der Waals surface area contributed by atoms with Crippen molar-refractivity contribution in [2.75, 3.05) is 5.73 Å². The first-order valence-corrected chi connectivity index (χ1v) is 8.47. The Morgan fingerprint density at radius 1 is 1.25 bits per heavy atom. The topological polar surface area (TPSA) is 127 Å². The lowest BCUT2D eigenvalue weighted by Gasteiger charge is -2.29. The van der Waals surface area contributed by atoms with E-state index in [-0.39, 0.29) is 11.4 Å². The molecule has 2 aromatic heterocycles. The second-order valence-electron chi connectivity index (χ2n) is 6.98. The van der Waals surface area contributed by atoms with Crippen molar-refractivity contribution in [3.63, 3.8) is 0 Å². The molecular weight excluding hydrogens is 374 g/mol. The van der Waals surface area contributed by atoms with Crippen molar-refractivity contribution in [3.8, 4) is 0 Å². The summed E-state index contributed by atoms with van der Waals surface area (Å²) in [7, 11) is 0. The average molecular weight is 392 g/mol. The minimum atomic E-state index is -1.93. The van der Waals surface area contributed by atoms with Crippen LogP contribution in [-0.2, 0) is 4.74 Å². The van der Waals surface area contributed by atoms with E-state index in [1.54, 1.807) is 12.3 Å². The number of hydrogen-bond donors (Lipinski definition) is 4. The lowest BCUT2D eigenvalue weighted by molar-refractivity contribution is -0.115. The largest absolute Gasteiger partial charge is 0.386 e. The normalized spacial score (nSPS) is 28.7. The molecule has 0 bridgehead atoms. The van der Waals surface area contributed by atoms with Crippen LogP contribution in [-0.4, -0.2) is 47.7 Å². The second-order valence-corrected chi connectivity index (χ2v) is 6.98. The molecule has 1 fully saturated rings. The van der Waals surface area contributed by atoms with Crippen LogP contribution in [0, 0.1) is 11.6 Å². The van der Waals surface area contributed by atoms with Gasteiger partial charge in [-0.15, -0.1) is 0 Å². The van der Waals surface area contributed by atoms with Gasteiger partial charge in [-0.2, -0.15) is 0 Å². The summed E-state index contributed by atoms with van der Waals surface area (Å²) in [5, 5.41) is 32.6. The first kappa shape index (κ1) is 18.7. The number of rotatable bonds is 3. The zero-order chi connectivity index (χ0) is 20.2. The van der Waals surface area contributed by atoms with E-state index in [2.05, 4.69) is 9.97 Å². The molecule has 1 aliphatic rings. The molecule has 8 nitrogen and oxygen atoms in total. The van der Waals surface area contributed by atoms with E-state index >= 15 is 0 Å². The second kappa shape index (κ2) is 6.45. The van der Waals surface area contributed by atoms with Gasteiger partial charge in [-0.3, -0.25) is 0 Å². The highest BCUT2D eigenvalue weighted by atomic mass is 19.1. The van der Waals surface area contributed by atoms with Crippen molar-refractivity contribution in [1.82, 2.24) is 14.5 Å². The average Bonchev–Trinajstić information content (AvgIpc) is 3.14. The first-order valence-electron chi connectivity index (χ1n) is 8.47. The maximum absolute atomic E-state index is 13.5. The molecule has 1 aliphatic heterocycles. The molecule has 5 N–H and O–H groups in total. The van der Waals surface area contributed by atoms with Gasteiger partial charge in [-0.1, -0.05) is 0 Å². The molecule has 4 rings (SSSR count). The van der Waals surface area contributed by atoms with Crippen molar-refractivity contribution in [1.29, 1.82) is 0 Å². The van der Waals surface area contributed by atoms with Crippen molar-refractivity contribution >= 4 is 16.9 Å². The number of anilines is 1. The van der Waals surface area contributed by atoms with E-state index in [1.165, 1.54) is 17.8 Å². The SMILES string of the molecule is C[C@@]1(O)[C@@H](C(O)c2cc(F)cc(F)c2)O[C@@H](n2ccc3c(N)ncnc32)[C@@H]1O. The van der Waals surface area contributed by atoms with Gasteiger partial charge in [-0.05, 0) is 30.7 Å². The van der Waals surface area contributed by atoms with Crippen LogP contribution in [0.4, 0.5) is 14.6 Å². The lowest BCUT2D eigenvalue weighted by atomic mass is 9.88. The monoisotopic (exact) mass is 392 g/mol. The van der Waals surface area contributed by atoms with Crippen LogP contribution in [0.5, 0.6) is 0 Å². The fourth-order valence-electron chi connectivity index (χ4n) is 3.55. The zero-order valence-corrected chi connectivity index (χ0v) is 14.7. The molecule has 0 amide bonds. The Labute approximate surface area is 157 Å². The molecule has 0 radical (unpaired) electrons. The Kier molecular flexibility index (Phi) is 4.31. The highest BCUT2D eigenvalue weighted by Gasteiger charge is 2.56. The number of fused-ring (bicyclic) bond motifs is 1. The molecule has 5 atom stereocenters. The van der Waals surface area contributed by atoms with E-state index in [1.807, 2.05) is 0 Å². The van der Waals surface area contributed by atoms with Crippen molar-refractivity contribution in [2.24, 2.45) is 0 Å². The summed E-state index contributed by atoms with van der Waals surface area (Å²) in [5.74, 6) is -1.53. The molecule has 28 heavy (non-hydrogen) atoms. The third-order valence-corrected chi connectivity index (χ3v) is 5.06. The van der Waals surface area contributed by atoms with E-state index in [0.29, 0.717) is 17.1 Å². The molecule has 0 aliphatic carbocycles. The molecular formula is C18H18F2N4O4. The van der Waals surface area contributed by atoms with Crippen LogP contribution in [0.15, 0.2) is 36.8 Å². The highest BCUT2D eigenvalue weighted by molar-refractivity contribution is 5.86. The van der Waals surface area contributed by atoms with Gasteiger partial charge in [0.2, 0.25) is 0 Å². The van der Waals surface area contributed by atoms with Crippen LogP contribution >= 0.6 is 0 Å². The van der Waals surface area contributed by atoms with Gasteiger partial charge >= 0.3 is 0 Å². The number of halogens is 2. The van der Waals surface area contributed by atoms with Crippen LogP contribution < -0.4 is 5.73 Å². The number of nitrogen functional groups attached to an aromatic ring is 1. The minimum Gasteiger partial charge on any atom is -0.386 e. The summed E-state index contributed by atoms with van der Waals surface area (Å²) in [6.07, 6.45) is -2.77. The Bertz CT molecular complexity index is 1020. The van der Waals surface area contributed by atoms with Crippen molar-refractivity contribution in [3.05, 3.63) is 54.0 Å². The maximum atomic E-state index is 13.5. The molecule has 0 saturated carbocycles.